The summed E-state index contributed by atoms with van der Waals surface area (Å²) >= 11 is 0. The second kappa shape index (κ2) is 8.12. The molecule has 1 aliphatic rings. The Morgan fingerprint density at radius 3 is 2.52 bits per heavy atom. The van der Waals surface area contributed by atoms with Gasteiger partial charge in [-0.2, -0.15) is 0 Å². The first-order chi connectivity index (χ1) is 12.1. The number of aryl methyl sites for hydroxylation is 1. The van der Waals surface area contributed by atoms with Crippen LogP contribution >= 0.6 is 0 Å². The third-order valence-corrected chi connectivity index (χ3v) is 4.69. The summed E-state index contributed by atoms with van der Waals surface area (Å²) in [5.41, 5.74) is 2.36. The van der Waals surface area contributed by atoms with Crippen molar-refractivity contribution in [3.8, 4) is 5.75 Å². The fourth-order valence-electron chi connectivity index (χ4n) is 3.11. The number of aromatic nitrogens is 1. The van der Waals surface area contributed by atoms with Crippen molar-refractivity contribution in [3.05, 3.63) is 53.7 Å². The molecule has 1 N–H and O–H groups in total. The van der Waals surface area contributed by atoms with Crippen LogP contribution in [-0.2, 0) is 11.3 Å². The number of methoxy groups -OCH3 is 1. The molecule has 2 heterocycles. The number of anilines is 1. The average molecular weight is 339 g/mol. The molecular weight excluding hydrogens is 314 g/mol. The van der Waals surface area contributed by atoms with Gasteiger partial charge in [-0.05, 0) is 62.2 Å². The Kier molecular flexibility index (Phi) is 5.66. The quantitative estimate of drug-likeness (QED) is 0.908. The molecule has 5 nitrogen and oxygen atoms in total. The smallest absolute Gasteiger partial charge is 0.228 e. The summed E-state index contributed by atoms with van der Waals surface area (Å²) in [6.45, 7) is 4.77. The lowest BCUT2D eigenvalue weighted by molar-refractivity contribution is -0.121. The zero-order chi connectivity index (χ0) is 17.6. The molecule has 1 fully saturated rings. The SMILES string of the molecule is COc1ccc(CN2CCC(C(=O)Nc3ccc(C)cn3)CC2)cc1. The van der Waals surface area contributed by atoms with Gasteiger partial charge in [0.2, 0.25) is 5.91 Å². The topological polar surface area (TPSA) is 54.5 Å². The zero-order valence-electron chi connectivity index (χ0n) is 14.9. The molecule has 1 aromatic heterocycles. The molecule has 3 rings (SSSR count). The monoisotopic (exact) mass is 339 g/mol. The normalized spacial score (nSPS) is 15.8. The zero-order valence-corrected chi connectivity index (χ0v) is 14.9. The van der Waals surface area contributed by atoms with Gasteiger partial charge in [-0.25, -0.2) is 4.98 Å². The molecule has 0 radical (unpaired) electrons. The highest BCUT2D eigenvalue weighted by atomic mass is 16.5. The molecule has 0 spiro atoms. The summed E-state index contributed by atoms with van der Waals surface area (Å²) in [5.74, 6) is 1.66. The molecule has 1 aliphatic heterocycles. The van der Waals surface area contributed by atoms with Crippen LogP contribution in [0.25, 0.3) is 0 Å². The van der Waals surface area contributed by atoms with Crippen molar-refractivity contribution >= 4 is 11.7 Å². The summed E-state index contributed by atoms with van der Waals surface area (Å²) in [5, 5.41) is 2.93. The van der Waals surface area contributed by atoms with Gasteiger partial charge < -0.3 is 10.1 Å². The van der Waals surface area contributed by atoms with E-state index in [1.165, 1.54) is 5.56 Å². The highest BCUT2D eigenvalue weighted by molar-refractivity contribution is 5.91. The van der Waals surface area contributed by atoms with Gasteiger partial charge in [0.1, 0.15) is 11.6 Å². The number of carbonyl (C=O) groups excluding carboxylic acids is 1. The number of carbonyl (C=O) groups is 1. The first-order valence-corrected chi connectivity index (χ1v) is 8.73. The van der Waals surface area contributed by atoms with Crippen LogP contribution in [0.4, 0.5) is 5.82 Å². The Bertz CT molecular complexity index is 690. The lowest BCUT2D eigenvalue weighted by Gasteiger charge is -2.31. The molecule has 0 unspecified atom stereocenters. The molecule has 2 aromatic rings. The average Bonchev–Trinajstić information content (AvgIpc) is 2.65. The minimum absolute atomic E-state index is 0.0650. The van der Waals surface area contributed by atoms with Crippen LogP contribution in [0.1, 0.15) is 24.0 Å². The Labute approximate surface area is 149 Å². The van der Waals surface area contributed by atoms with E-state index in [0.29, 0.717) is 5.82 Å². The van der Waals surface area contributed by atoms with E-state index in [9.17, 15) is 4.79 Å². The van der Waals surface area contributed by atoms with Crippen LogP contribution in [0, 0.1) is 12.8 Å². The van der Waals surface area contributed by atoms with Gasteiger partial charge >= 0.3 is 0 Å². The highest BCUT2D eigenvalue weighted by Gasteiger charge is 2.25. The lowest BCUT2D eigenvalue weighted by Crippen LogP contribution is -2.37. The third-order valence-electron chi connectivity index (χ3n) is 4.69. The van der Waals surface area contributed by atoms with Gasteiger partial charge in [-0.1, -0.05) is 18.2 Å². The van der Waals surface area contributed by atoms with E-state index in [-0.39, 0.29) is 11.8 Å². The van der Waals surface area contributed by atoms with Crippen molar-refractivity contribution < 1.29 is 9.53 Å². The maximum absolute atomic E-state index is 12.4. The summed E-state index contributed by atoms with van der Waals surface area (Å²) in [4.78, 5) is 19.0. The molecule has 1 aromatic carbocycles. The lowest BCUT2D eigenvalue weighted by atomic mass is 9.95. The molecular formula is C20H25N3O2. The number of hydrogen-bond acceptors (Lipinski definition) is 4. The molecule has 132 valence electrons. The van der Waals surface area contributed by atoms with E-state index in [1.807, 2.05) is 31.2 Å². The van der Waals surface area contributed by atoms with Crippen molar-refractivity contribution in [3.63, 3.8) is 0 Å². The predicted molar refractivity (Wildman–Crippen MR) is 98.6 cm³/mol. The number of amides is 1. The Morgan fingerprint density at radius 2 is 1.92 bits per heavy atom. The Balaban J connectivity index is 1.47. The first-order valence-electron chi connectivity index (χ1n) is 8.73. The molecule has 5 heteroatoms. The maximum atomic E-state index is 12.4. The van der Waals surface area contributed by atoms with Crippen LogP contribution in [0.2, 0.25) is 0 Å². The molecule has 0 bridgehead atoms. The number of likely N-dealkylation sites (tertiary alicyclic amines) is 1. The number of rotatable bonds is 5. The van der Waals surface area contributed by atoms with Gasteiger partial charge in [0.25, 0.3) is 0 Å². The molecule has 1 saturated heterocycles. The first kappa shape index (κ1) is 17.4. The van der Waals surface area contributed by atoms with Crippen LogP contribution in [0.5, 0.6) is 5.75 Å². The Hall–Kier alpha value is -2.40. The van der Waals surface area contributed by atoms with Crippen LogP contribution in [0.3, 0.4) is 0 Å². The number of pyridine rings is 1. The molecule has 1 amide bonds. The van der Waals surface area contributed by atoms with Crippen molar-refractivity contribution in [2.45, 2.75) is 26.3 Å². The fourth-order valence-corrected chi connectivity index (χ4v) is 3.11. The Morgan fingerprint density at radius 1 is 1.20 bits per heavy atom. The molecule has 0 saturated carbocycles. The second-order valence-electron chi connectivity index (χ2n) is 6.61. The van der Waals surface area contributed by atoms with Gasteiger partial charge in [0, 0.05) is 18.7 Å². The summed E-state index contributed by atoms with van der Waals surface area (Å²) in [7, 11) is 1.68. The van der Waals surface area contributed by atoms with Crippen molar-refractivity contribution in [1.82, 2.24) is 9.88 Å². The number of nitrogens with one attached hydrogen (secondary N) is 1. The van der Waals surface area contributed by atoms with Crippen molar-refractivity contribution in [2.75, 3.05) is 25.5 Å². The van der Waals surface area contributed by atoms with E-state index >= 15 is 0 Å². The standard InChI is InChI=1S/C20H25N3O2/c1-15-3-8-19(21-13-15)22-20(24)17-9-11-23(12-10-17)14-16-4-6-18(25-2)7-5-16/h3-8,13,17H,9-12,14H2,1-2H3,(H,21,22,24). The third kappa shape index (κ3) is 4.79. The second-order valence-corrected chi connectivity index (χ2v) is 6.61. The van der Waals surface area contributed by atoms with E-state index in [4.69, 9.17) is 4.74 Å². The minimum Gasteiger partial charge on any atom is -0.497 e. The van der Waals surface area contributed by atoms with Crippen molar-refractivity contribution in [2.24, 2.45) is 5.92 Å². The van der Waals surface area contributed by atoms with Gasteiger partial charge in [0.15, 0.2) is 0 Å². The fraction of sp³-hybridized carbons (Fsp3) is 0.400. The predicted octanol–water partition coefficient (Wildman–Crippen LogP) is 3.25. The van der Waals surface area contributed by atoms with E-state index in [2.05, 4.69) is 27.3 Å². The van der Waals surface area contributed by atoms with E-state index < -0.39 is 0 Å². The number of nitrogens with zero attached hydrogens (tertiary/aromatic N) is 2. The highest BCUT2D eigenvalue weighted by Crippen LogP contribution is 2.21. The van der Waals surface area contributed by atoms with Gasteiger partial charge in [-0.3, -0.25) is 9.69 Å². The minimum atomic E-state index is 0.0650. The molecule has 25 heavy (non-hydrogen) atoms. The largest absolute Gasteiger partial charge is 0.497 e. The van der Waals surface area contributed by atoms with E-state index in [0.717, 1.165) is 43.8 Å². The van der Waals surface area contributed by atoms with E-state index in [1.54, 1.807) is 13.3 Å². The van der Waals surface area contributed by atoms with Crippen molar-refractivity contribution in [1.29, 1.82) is 0 Å². The summed E-state index contributed by atoms with van der Waals surface area (Å²) < 4.78 is 5.19. The summed E-state index contributed by atoms with van der Waals surface area (Å²) in [6.07, 6.45) is 3.54. The number of hydrogen-bond donors (Lipinski definition) is 1. The molecule has 0 aliphatic carbocycles. The van der Waals surface area contributed by atoms with Crippen LogP contribution in [0.15, 0.2) is 42.6 Å². The number of piperidine rings is 1. The molecule has 0 atom stereocenters. The summed E-state index contributed by atoms with van der Waals surface area (Å²) in [6, 6.07) is 12.0. The number of benzene rings is 1. The maximum Gasteiger partial charge on any atom is 0.228 e. The van der Waals surface area contributed by atoms with Crippen LogP contribution < -0.4 is 10.1 Å². The van der Waals surface area contributed by atoms with Gasteiger partial charge in [-0.15, -0.1) is 0 Å². The van der Waals surface area contributed by atoms with Gasteiger partial charge in [0.05, 0.1) is 7.11 Å². The number of ether oxygens (including phenoxy) is 1. The van der Waals surface area contributed by atoms with Crippen LogP contribution in [-0.4, -0.2) is 36.0 Å².